The summed E-state index contributed by atoms with van der Waals surface area (Å²) in [6.07, 6.45) is 0.578. The maximum atomic E-state index is 12.2. The fraction of sp³-hybridized carbons (Fsp3) is 0.278. The van der Waals surface area contributed by atoms with Gasteiger partial charge in [0.05, 0.1) is 7.11 Å². The first-order valence-corrected chi connectivity index (χ1v) is 7.94. The maximum absolute atomic E-state index is 12.2. The normalized spacial score (nSPS) is 13.4. The van der Waals surface area contributed by atoms with Gasteiger partial charge in [-0.15, -0.1) is 0 Å². The Morgan fingerprint density at radius 2 is 1.82 bits per heavy atom. The molecule has 0 spiro atoms. The van der Waals surface area contributed by atoms with E-state index < -0.39 is 5.54 Å². The highest BCUT2D eigenvalue weighted by Gasteiger charge is 2.34. The molecule has 2 aromatic carbocycles. The summed E-state index contributed by atoms with van der Waals surface area (Å²) in [5.41, 5.74) is 1.44. The number of hydrogen-bond acceptors (Lipinski definition) is 3. The number of carbonyl (C=O) groups is 1. The highest BCUT2D eigenvalue weighted by molar-refractivity contribution is 9.10. The number of esters is 1. The lowest BCUT2D eigenvalue weighted by atomic mass is 9.92. The van der Waals surface area contributed by atoms with Gasteiger partial charge in [0, 0.05) is 17.4 Å². The Bertz CT molecular complexity index is 630. The van der Waals surface area contributed by atoms with Gasteiger partial charge >= 0.3 is 5.97 Å². The fourth-order valence-electron chi connectivity index (χ4n) is 2.38. The second kappa shape index (κ2) is 7.56. The van der Waals surface area contributed by atoms with E-state index in [0.29, 0.717) is 13.0 Å². The van der Waals surface area contributed by atoms with Crippen molar-refractivity contribution in [3.63, 3.8) is 0 Å². The summed E-state index contributed by atoms with van der Waals surface area (Å²) in [7, 11) is 1.42. The van der Waals surface area contributed by atoms with Crippen molar-refractivity contribution in [3.8, 4) is 0 Å². The summed E-state index contributed by atoms with van der Waals surface area (Å²) in [6, 6.07) is 18.0. The van der Waals surface area contributed by atoms with E-state index in [0.717, 1.165) is 15.6 Å². The zero-order valence-corrected chi connectivity index (χ0v) is 14.4. The van der Waals surface area contributed by atoms with Crippen molar-refractivity contribution in [2.24, 2.45) is 0 Å². The number of rotatable bonds is 6. The summed E-state index contributed by atoms with van der Waals surface area (Å²) >= 11 is 3.46. The summed E-state index contributed by atoms with van der Waals surface area (Å²) in [5.74, 6) is -0.258. The average molecular weight is 362 g/mol. The van der Waals surface area contributed by atoms with E-state index in [1.54, 1.807) is 0 Å². The monoisotopic (exact) mass is 361 g/mol. The SMILES string of the molecule is COC(=O)C(C)(Cc1ccccc1)NCc1cccc(Br)c1. The van der Waals surface area contributed by atoms with Crippen LogP contribution in [0.5, 0.6) is 0 Å². The Hall–Kier alpha value is -1.65. The molecule has 116 valence electrons. The van der Waals surface area contributed by atoms with Crippen LogP contribution in [0.2, 0.25) is 0 Å². The zero-order valence-electron chi connectivity index (χ0n) is 12.8. The summed E-state index contributed by atoms with van der Waals surface area (Å²) in [4.78, 5) is 12.2. The molecule has 0 aliphatic rings. The largest absolute Gasteiger partial charge is 0.468 e. The minimum absolute atomic E-state index is 0.258. The Morgan fingerprint density at radius 3 is 2.45 bits per heavy atom. The molecule has 2 aromatic rings. The second-order valence-corrected chi connectivity index (χ2v) is 6.39. The lowest BCUT2D eigenvalue weighted by Gasteiger charge is -2.28. The van der Waals surface area contributed by atoms with Gasteiger partial charge in [-0.05, 0) is 30.2 Å². The van der Waals surface area contributed by atoms with E-state index in [4.69, 9.17) is 4.74 Å². The molecule has 2 rings (SSSR count). The van der Waals surface area contributed by atoms with Gasteiger partial charge in [0.1, 0.15) is 5.54 Å². The number of methoxy groups -OCH3 is 1. The Kier molecular flexibility index (Phi) is 5.75. The zero-order chi connectivity index (χ0) is 16.0. The number of halogens is 1. The highest BCUT2D eigenvalue weighted by Crippen LogP contribution is 2.17. The van der Waals surface area contributed by atoms with Crippen LogP contribution in [-0.2, 0) is 22.5 Å². The van der Waals surface area contributed by atoms with Gasteiger partial charge in [-0.2, -0.15) is 0 Å². The van der Waals surface area contributed by atoms with Gasteiger partial charge in [-0.3, -0.25) is 10.1 Å². The predicted molar refractivity (Wildman–Crippen MR) is 91.5 cm³/mol. The molecule has 0 saturated heterocycles. The van der Waals surface area contributed by atoms with Crippen LogP contribution in [0.15, 0.2) is 59.1 Å². The van der Waals surface area contributed by atoms with Crippen molar-refractivity contribution in [1.29, 1.82) is 0 Å². The summed E-state index contributed by atoms with van der Waals surface area (Å²) in [5, 5.41) is 3.34. The molecule has 0 amide bonds. The van der Waals surface area contributed by atoms with Crippen LogP contribution < -0.4 is 5.32 Å². The quantitative estimate of drug-likeness (QED) is 0.797. The molecule has 4 heteroatoms. The molecular weight excluding hydrogens is 342 g/mol. The molecule has 1 atom stereocenters. The molecule has 0 saturated carbocycles. The van der Waals surface area contributed by atoms with E-state index in [1.165, 1.54) is 7.11 Å². The second-order valence-electron chi connectivity index (χ2n) is 5.47. The standard InChI is InChI=1S/C18H20BrNO2/c1-18(17(21)22-2,12-14-7-4-3-5-8-14)20-13-15-9-6-10-16(19)11-15/h3-11,20H,12-13H2,1-2H3. The van der Waals surface area contributed by atoms with E-state index in [2.05, 4.69) is 21.2 Å². The molecule has 1 N–H and O–H groups in total. The maximum Gasteiger partial charge on any atom is 0.326 e. The third kappa shape index (κ3) is 4.42. The molecule has 22 heavy (non-hydrogen) atoms. The molecular formula is C18H20BrNO2. The number of hydrogen-bond donors (Lipinski definition) is 1. The first-order chi connectivity index (χ1) is 10.5. The predicted octanol–water partition coefficient (Wildman–Crippen LogP) is 3.71. The Labute approximate surface area is 139 Å². The number of ether oxygens (including phenoxy) is 1. The minimum Gasteiger partial charge on any atom is -0.468 e. The van der Waals surface area contributed by atoms with Crippen LogP contribution in [0, 0.1) is 0 Å². The lowest BCUT2D eigenvalue weighted by molar-refractivity contribution is -0.148. The molecule has 0 bridgehead atoms. The summed E-state index contributed by atoms with van der Waals surface area (Å²) in [6.45, 7) is 2.47. The molecule has 0 aliphatic carbocycles. The van der Waals surface area contributed by atoms with Crippen LogP contribution in [0.25, 0.3) is 0 Å². The van der Waals surface area contributed by atoms with E-state index in [9.17, 15) is 4.79 Å². The third-order valence-electron chi connectivity index (χ3n) is 3.61. The molecule has 0 aromatic heterocycles. The third-order valence-corrected chi connectivity index (χ3v) is 4.10. The molecule has 1 unspecified atom stereocenters. The minimum atomic E-state index is -0.765. The van der Waals surface area contributed by atoms with Gasteiger partial charge in [0.15, 0.2) is 0 Å². The number of benzene rings is 2. The van der Waals surface area contributed by atoms with E-state index >= 15 is 0 Å². The lowest BCUT2D eigenvalue weighted by Crippen LogP contribution is -2.51. The highest BCUT2D eigenvalue weighted by atomic mass is 79.9. The van der Waals surface area contributed by atoms with Crippen molar-refractivity contribution >= 4 is 21.9 Å². The van der Waals surface area contributed by atoms with E-state index in [1.807, 2.05) is 61.5 Å². The van der Waals surface area contributed by atoms with Gasteiger partial charge in [-0.25, -0.2) is 0 Å². The molecule has 0 radical (unpaired) electrons. The number of nitrogens with one attached hydrogen (secondary N) is 1. The fourth-order valence-corrected chi connectivity index (χ4v) is 2.83. The van der Waals surface area contributed by atoms with E-state index in [-0.39, 0.29) is 5.97 Å². The molecule has 0 aliphatic heterocycles. The summed E-state index contributed by atoms with van der Waals surface area (Å²) < 4.78 is 6.01. The van der Waals surface area contributed by atoms with Crippen molar-refractivity contribution in [1.82, 2.24) is 5.32 Å². The molecule has 0 fully saturated rings. The van der Waals surface area contributed by atoms with Crippen LogP contribution in [0.4, 0.5) is 0 Å². The first kappa shape index (κ1) is 16.7. The van der Waals surface area contributed by atoms with Gasteiger partial charge in [0.25, 0.3) is 0 Å². The van der Waals surface area contributed by atoms with Gasteiger partial charge < -0.3 is 4.74 Å². The molecule has 0 heterocycles. The van der Waals surface area contributed by atoms with Crippen molar-refractivity contribution in [2.75, 3.05) is 7.11 Å². The number of carbonyl (C=O) groups excluding carboxylic acids is 1. The smallest absolute Gasteiger partial charge is 0.326 e. The van der Waals surface area contributed by atoms with Gasteiger partial charge in [0.2, 0.25) is 0 Å². The van der Waals surface area contributed by atoms with Gasteiger partial charge in [-0.1, -0.05) is 58.4 Å². The van der Waals surface area contributed by atoms with Crippen molar-refractivity contribution in [3.05, 3.63) is 70.2 Å². The topological polar surface area (TPSA) is 38.3 Å². The Morgan fingerprint density at radius 1 is 1.14 bits per heavy atom. The van der Waals surface area contributed by atoms with Crippen molar-refractivity contribution in [2.45, 2.75) is 25.4 Å². The van der Waals surface area contributed by atoms with Crippen LogP contribution >= 0.6 is 15.9 Å². The van der Waals surface area contributed by atoms with Crippen LogP contribution in [-0.4, -0.2) is 18.6 Å². The Balaban J connectivity index is 2.13. The van der Waals surface area contributed by atoms with Crippen LogP contribution in [0.3, 0.4) is 0 Å². The van der Waals surface area contributed by atoms with Crippen LogP contribution in [0.1, 0.15) is 18.1 Å². The first-order valence-electron chi connectivity index (χ1n) is 7.15. The average Bonchev–Trinajstić information content (AvgIpc) is 2.53. The van der Waals surface area contributed by atoms with Crippen molar-refractivity contribution < 1.29 is 9.53 Å². The molecule has 3 nitrogen and oxygen atoms in total.